The van der Waals surface area contributed by atoms with Crippen LogP contribution in [0.5, 0.6) is 0 Å². The maximum absolute atomic E-state index is 12.9. The number of hydrogen-bond donors (Lipinski definition) is 1. The largest absolute Gasteiger partial charge is 0.374 e. The fraction of sp³-hybridized carbons (Fsp3) is 0.696. The maximum Gasteiger partial charge on any atom is 0.225 e. The minimum absolute atomic E-state index is 0.122. The lowest BCUT2D eigenvalue weighted by Gasteiger charge is -2.49. The van der Waals surface area contributed by atoms with Crippen LogP contribution >= 0.6 is 0 Å². The standard InChI is InChI=1S/C23H35N3O2/c1-22(2)12-18(13-23(3,4)24-22)25-15-19-20(16-25)28-11-10-21(27)26(19)14-17-8-6-5-7-9-17/h5-9,18-20,24H,10-16H2,1-4H3/t19-,20-/m0/s1. The molecular formula is C23H35N3O2. The van der Waals surface area contributed by atoms with Gasteiger partial charge in [-0.25, -0.2) is 0 Å². The lowest BCUT2D eigenvalue weighted by Crippen LogP contribution is -2.62. The van der Waals surface area contributed by atoms with E-state index in [-0.39, 0.29) is 29.1 Å². The number of carbonyl (C=O) groups is 1. The summed E-state index contributed by atoms with van der Waals surface area (Å²) < 4.78 is 6.17. The Morgan fingerprint density at radius 2 is 1.75 bits per heavy atom. The van der Waals surface area contributed by atoms with E-state index in [2.05, 4.69) is 54.9 Å². The molecule has 0 aromatic heterocycles. The van der Waals surface area contributed by atoms with Gasteiger partial charge in [0.1, 0.15) is 0 Å². The van der Waals surface area contributed by atoms with E-state index >= 15 is 0 Å². The molecule has 3 saturated heterocycles. The van der Waals surface area contributed by atoms with E-state index in [0.29, 0.717) is 25.6 Å². The molecule has 3 aliphatic heterocycles. The molecule has 0 saturated carbocycles. The van der Waals surface area contributed by atoms with Crippen molar-refractivity contribution in [3.8, 4) is 0 Å². The fourth-order valence-corrected chi connectivity index (χ4v) is 5.68. The molecule has 1 N–H and O–H groups in total. The number of amides is 1. The Morgan fingerprint density at radius 1 is 1.07 bits per heavy atom. The summed E-state index contributed by atoms with van der Waals surface area (Å²) in [7, 11) is 0. The second-order valence-electron chi connectivity index (χ2n) is 10.1. The topological polar surface area (TPSA) is 44.8 Å². The first-order valence-corrected chi connectivity index (χ1v) is 10.7. The first-order chi connectivity index (χ1) is 13.2. The fourth-order valence-electron chi connectivity index (χ4n) is 5.68. The van der Waals surface area contributed by atoms with E-state index in [1.54, 1.807) is 0 Å². The smallest absolute Gasteiger partial charge is 0.225 e. The summed E-state index contributed by atoms with van der Waals surface area (Å²) >= 11 is 0. The Morgan fingerprint density at radius 3 is 2.43 bits per heavy atom. The minimum Gasteiger partial charge on any atom is -0.374 e. The van der Waals surface area contributed by atoms with Gasteiger partial charge in [-0.1, -0.05) is 30.3 Å². The number of hydrogen-bond acceptors (Lipinski definition) is 4. The molecule has 1 amide bonds. The molecule has 3 heterocycles. The zero-order chi connectivity index (χ0) is 19.9. The number of ether oxygens (including phenoxy) is 1. The molecule has 154 valence electrons. The van der Waals surface area contributed by atoms with Gasteiger partial charge in [0.2, 0.25) is 5.91 Å². The van der Waals surface area contributed by atoms with Crippen molar-refractivity contribution in [2.45, 2.75) is 82.8 Å². The van der Waals surface area contributed by atoms with Gasteiger partial charge in [-0.05, 0) is 46.1 Å². The van der Waals surface area contributed by atoms with Crippen LogP contribution in [-0.2, 0) is 16.1 Å². The van der Waals surface area contributed by atoms with E-state index in [1.165, 1.54) is 5.56 Å². The molecule has 0 spiro atoms. The van der Waals surface area contributed by atoms with Gasteiger partial charge in [-0.15, -0.1) is 0 Å². The predicted molar refractivity (Wildman–Crippen MR) is 111 cm³/mol. The molecule has 28 heavy (non-hydrogen) atoms. The van der Waals surface area contributed by atoms with Crippen LogP contribution in [0.4, 0.5) is 0 Å². The Balaban J connectivity index is 1.52. The summed E-state index contributed by atoms with van der Waals surface area (Å²) in [5.74, 6) is 0.226. The van der Waals surface area contributed by atoms with Crippen molar-refractivity contribution in [3.63, 3.8) is 0 Å². The Bertz CT molecular complexity index is 687. The summed E-state index contributed by atoms with van der Waals surface area (Å²) in [5.41, 5.74) is 1.44. The highest BCUT2D eigenvalue weighted by Crippen LogP contribution is 2.35. The summed E-state index contributed by atoms with van der Waals surface area (Å²) in [4.78, 5) is 17.5. The normalized spacial score (nSPS) is 30.9. The van der Waals surface area contributed by atoms with Crippen LogP contribution in [0, 0.1) is 0 Å². The molecule has 3 fully saturated rings. The van der Waals surface area contributed by atoms with Gasteiger partial charge in [0, 0.05) is 36.8 Å². The van der Waals surface area contributed by atoms with Crippen molar-refractivity contribution < 1.29 is 9.53 Å². The maximum atomic E-state index is 12.9. The average Bonchev–Trinajstić information content (AvgIpc) is 2.96. The molecule has 0 bridgehead atoms. The molecular weight excluding hydrogens is 350 g/mol. The van der Waals surface area contributed by atoms with Crippen molar-refractivity contribution in [2.75, 3.05) is 19.7 Å². The number of piperidine rings is 1. The van der Waals surface area contributed by atoms with Crippen molar-refractivity contribution >= 4 is 5.91 Å². The van der Waals surface area contributed by atoms with Crippen LogP contribution in [-0.4, -0.2) is 64.7 Å². The molecule has 1 aromatic carbocycles. The van der Waals surface area contributed by atoms with Crippen LogP contribution in [0.15, 0.2) is 30.3 Å². The molecule has 1 aromatic rings. The molecule has 5 heteroatoms. The lowest BCUT2D eigenvalue weighted by atomic mass is 9.79. The first-order valence-electron chi connectivity index (χ1n) is 10.7. The third kappa shape index (κ3) is 4.27. The number of rotatable bonds is 3. The zero-order valence-electron chi connectivity index (χ0n) is 17.8. The second kappa shape index (κ2) is 7.43. The number of fused-ring (bicyclic) bond motifs is 1. The van der Waals surface area contributed by atoms with Crippen LogP contribution in [0.2, 0.25) is 0 Å². The van der Waals surface area contributed by atoms with Crippen LogP contribution < -0.4 is 5.32 Å². The lowest BCUT2D eigenvalue weighted by molar-refractivity contribution is -0.133. The number of benzene rings is 1. The van der Waals surface area contributed by atoms with Gasteiger partial charge in [0.05, 0.1) is 25.2 Å². The zero-order valence-corrected chi connectivity index (χ0v) is 17.8. The molecule has 0 radical (unpaired) electrons. The summed E-state index contributed by atoms with van der Waals surface area (Å²) in [6, 6.07) is 11.0. The highest BCUT2D eigenvalue weighted by Gasteiger charge is 2.47. The monoisotopic (exact) mass is 385 g/mol. The van der Waals surface area contributed by atoms with Crippen LogP contribution in [0.25, 0.3) is 0 Å². The van der Waals surface area contributed by atoms with Crippen molar-refractivity contribution in [1.82, 2.24) is 15.1 Å². The van der Waals surface area contributed by atoms with E-state index in [0.717, 1.165) is 25.9 Å². The van der Waals surface area contributed by atoms with E-state index < -0.39 is 0 Å². The molecule has 5 nitrogen and oxygen atoms in total. The molecule has 0 aliphatic carbocycles. The van der Waals surface area contributed by atoms with Crippen molar-refractivity contribution in [3.05, 3.63) is 35.9 Å². The number of likely N-dealkylation sites (tertiary alicyclic amines) is 1. The molecule has 4 rings (SSSR count). The Kier molecular flexibility index (Phi) is 5.27. The number of carbonyl (C=O) groups excluding carboxylic acids is 1. The van der Waals surface area contributed by atoms with E-state index in [1.807, 2.05) is 18.2 Å². The number of nitrogens with zero attached hydrogens (tertiary/aromatic N) is 2. The van der Waals surface area contributed by atoms with Crippen LogP contribution in [0.1, 0.15) is 52.5 Å². The summed E-state index contributed by atoms with van der Waals surface area (Å²) in [6.07, 6.45) is 2.87. The Labute approximate surface area is 169 Å². The van der Waals surface area contributed by atoms with E-state index in [9.17, 15) is 4.79 Å². The molecule has 0 unspecified atom stereocenters. The minimum atomic E-state index is 0.122. The van der Waals surface area contributed by atoms with E-state index in [4.69, 9.17) is 4.74 Å². The predicted octanol–water partition coefficient (Wildman–Crippen LogP) is 2.80. The highest BCUT2D eigenvalue weighted by atomic mass is 16.5. The average molecular weight is 386 g/mol. The first kappa shape index (κ1) is 19.9. The van der Waals surface area contributed by atoms with Gasteiger partial charge >= 0.3 is 0 Å². The molecule has 3 aliphatic rings. The third-order valence-electron chi connectivity index (χ3n) is 6.51. The number of nitrogens with one attached hydrogen (secondary N) is 1. The van der Waals surface area contributed by atoms with Gasteiger partial charge < -0.3 is 15.0 Å². The third-order valence-corrected chi connectivity index (χ3v) is 6.51. The SMILES string of the molecule is CC1(C)CC(N2C[C@@H]3OCCC(=O)N(Cc4ccccc4)[C@H]3C2)CC(C)(C)N1. The molecule has 2 atom stereocenters. The summed E-state index contributed by atoms with van der Waals surface area (Å²) in [5, 5.41) is 3.78. The van der Waals surface area contributed by atoms with Gasteiger partial charge in [-0.3, -0.25) is 9.69 Å². The Hall–Kier alpha value is -1.43. The van der Waals surface area contributed by atoms with Crippen molar-refractivity contribution in [2.24, 2.45) is 0 Å². The van der Waals surface area contributed by atoms with Crippen LogP contribution in [0.3, 0.4) is 0 Å². The van der Waals surface area contributed by atoms with Gasteiger partial charge in [0.25, 0.3) is 0 Å². The van der Waals surface area contributed by atoms with Crippen molar-refractivity contribution in [1.29, 1.82) is 0 Å². The van der Waals surface area contributed by atoms with Gasteiger partial charge in [0.15, 0.2) is 0 Å². The highest BCUT2D eigenvalue weighted by molar-refractivity contribution is 5.77. The quantitative estimate of drug-likeness (QED) is 0.869. The summed E-state index contributed by atoms with van der Waals surface area (Å²) in [6.45, 7) is 12.3. The second-order valence-corrected chi connectivity index (χ2v) is 10.1. The van der Waals surface area contributed by atoms with Gasteiger partial charge in [-0.2, -0.15) is 0 Å².